The second kappa shape index (κ2) is 5.01. The van der Waals surface area contributed by atoms with Crippen LogP contribution in [0.2, 0.25) is 0 Å². The third-order valence-corrected chi connectivity index (χ3v) is 3.04. The molecule has 0 saturated carbocycles. The number of carbonyl (C=O) groups excluding carboxylic acids is 1. The van der Waals surface area contributed by atoms with Crippen LogP contribution < -0.4 is 5.32 Å². The summed E-state index contributed by atoms with van der Waals surface area (Å²) in [6.07, 6.45) is 1.71. The molecule has 3 rings (SSSR count). The predicted octanol–water partition coefficient (Wildman–Crippen LogP) is 3.19. The topological polar surface area (TPSA) is 62.2 Å². The summed E-state index contributed by atoms with van der Waals surface area (Å²) in [6.45, 7) is 0. The molecule has 1 amide bonds. The number of hydrogen-bond donors (Lipinski definition) is 2. The summed E-state index contributed by atoms with van der Waals surface area (Å²) in [5.41, 5.74) is 1.72. The summed E-state index contributed by atoms with van der Waals surface area (Å²) in [5, 5.41) is 13.4. The molecule has 4 heteroatoms. The fourth-order valence-corrected chi connectivity index (χ4v) is 2.07. The first kappa shape index (κ1) is 12.2. The Bertz CT molecular complexity index is 779. The first-order valence-corrected chi connectivity index (χ1v) is 6.19. The third kappa shape index (κ3) is 2.19. The molecule has 0 aliphatic heterocycles. The summed E-state index contributed by atoms with van der Waals surface area (Å²) in [7, 11) is 0. The molecule has 4 nitrogen and oxygen atoms in total. The number of phenolic OH excluding ortho intramolecular Hbond substituents is 1. The number of amides is 1. The lowest BCUT2D eigenvalue weighted by molar-refractivity contribution is 0.102. The van der Waals surface area contributed by atoms with E-state index in [0.29, 0.717) is 5.69 Å². The Hall–Kier alpha value is -2.88. The molecule has 2 aromatic carbocycles. The van der Waals surface area contributed by atoms with Gasteiger partial charge in [0.1, 0.15) is 5.75 Å². The number of para-hydroxylation sites is 1. The molecule has 0 aliphatic carbocycles. The van der Waals surface area contributed by atoms with Crippen molar-refractivity contribution in [3.05, 3.63) is 66.4 Å². The van der Waals surface area contributed by atoms with Crippen LogP contribution in [0.4, 0.5) is 5.69 Å². The highest BCUT2D eigenvalue weighted by atomic mass is 16.3. The molecular weight excluding hydrogens is 252 g/mol. The molecule has 0 fully saturated rings. The Labute approximate surface area is 115 Å². The van der Waals surface area contributed by atoms with Gasteiger partial charge in [-0.2, -0.15) is 0 Å². The van der Waals surface area contributed by atoms with Gasteiger partial charge >= 0.3 is 0 Å². The normalized spacial score (nSPS) is 10.4. The zero-order chi connectivity index (χ0) is 13.9. The van der Waals surface area contributed by atoms with Gasteiger partial charge < -0.3 is 10.4 Å². The van der Waals surface area contributed by atoms with Crippen LogP contribution >= 0.6 is 0 Å². The third-order valence-electron chi connectivity index (χ3n) is 3.04. The van der Waals surface area contributed by atoms with E-state index in [1.165, 1.54) is 6.07 Å². The number of nitrogens with one attached hydrogen (secondary N) is 1. The van der Waals surface area contributed by atoms with E-state index >= 15 is 0 Å². The smallest absolute Gasteiger partial charge is 0.259 e. The van der Waals surface area contributed by atoms with Gasteiger partial charge in [0.2, 0.25) is 0 Å². The van der Waals surface area contributed by atoms with E-state index in [4.69, 9.17) is 0 Å². The maximum absolute atomic E-state index is 12.2. The number of fused-ring (bicyclic) bond motifs is 1. The Balaban J connectivity index is 1.98. The molecular formula is C16H12N2O2. The minimum Gasteiger partial charge on any atom is -0.507 e. The number of carbonyl (C=O) groups is 1. The van der Waals surface area contributed by atoms with Gasteiger partial charge in [-0.3, -0.25) is 9.78 Å². The van der Waals surface area contributed by atoms with E-state index < -0.39 is 0 Å². The minimum absolute atomic E-state index is 0.0386. The van der Waals surface area contributed by atoms with Gasteiger partial charge in [-0.1, -0.05) is 18.2 Å². The molecule has 98 valence electrons. The van der Waals surface area contributed by atoms with Crippen molar-refractivity contribution >= 4 is 22.5 Å². The maximum atomic E-state index is 12.2. The molecule has 0 unspecified atom stereocenters. The molecule has 0 atom stereocenters. The number of rotatable bonds is 2. The van der Waals surface area contributed by atoms with Crippen LogP contribution in [0.5, 0.6) is 5.75 Å². The number of pyridine rings is 1. The Morgan fingerprint density at radius 1 is 1.00 bits per heavy atom. The quantitative estimate of drug-likeness (QED) is 0.747. The molecule has 20 heavy (non-hydrogen) atoms. The molecule has 0 spiro atoms. The summed E-state index contributed by atoms with van der Waals surface area (Å²) < 4.78 is 0. The molecule has 0 bridgehead atoms. The number of phenols is 1. The van der Waals surface area contributed by atoms with Crippen LogP contribution in [-0.2, 0) is 0 Å². The second-order valence-electron chi connectivity index (χ2n) is 4.35. The van der Waals surface area contributed by atoms with Gasteiger partial charge in [-0.05, 0) is 36.4 Å². The average molecular weight is 264 g/mol. The van der Waals surface area contributed by atoms with E-state index in [0.717, 1.165) is 10.9 Å². The van der Waals surface area contributed by atoms with Crippen LogP contribution in [0.15, 0.2) is 60.8 Å². The van der Waals surface area contributed by atoms with Gasteiger partial charge in [0.05, 0.1) is 16.8 Å². The predicted molar refractivity (Wildman–Crippen MR) is 77.8 cm³/mol. The van der Waals surface area contributed by atoms with Crippen molar-refractivity contribution in [3.63, 3.8) is 0 Å². The minimum atomic E-state index is -0.348. The molecule has 0 radical (unpaired) electrons. The zero-order valence-electron chi connectivity index (χ0n) is 10.6. The van der Waals surface area contributed by atoms with Crippen molar-refractivity contribution in [1.82, 2.24) is 4.98 Å². The molecule has 3 aromatic rings. The van der Waals surface area contributed by atoms with Crippen molar-refractivity contribution in [2.45, 2.75) is 0 Å². The second-order valence-corrected chi connectivity index (χ2v) is 4.35. The van der Waals surface area contributed by atoms with E-state index in [1.54, 1.807) is 24.4 Å². The molecule has 1 heterocycles. The number of aromatic hydroxyl groups is 1. The first-order chi connectivity index (χ1) is 9.75. The summed E-state index contributed by atoms with van der Waals surface area (Å²) in [5.74, 6) is -0.386. The van der Waals surface area contributed by atoms with Crippen LogP contribution in [0.25, 0.3) is 10.9 Å². The number of benzene rings is 2. The Morgan fingerprint density at radius 3 is 2.70 bits per heavy atom. The highest BCUT2D eigenvalue weighted by Gasteiger charge is 2.11. The van der Waals surface area contributed by atoms with Crippen LogP contribution in [0, 0.1) is 0 Å². The number of anilines is 1. The fourth-order valence-electron chi connectivity index (χ4n) is 2.07. The van der Waals surface area contributed by atoms with Crippen molar-refractivity contribution in [3.8, 4) is 5.75 Å². The monoisotopic (exact) mass is 264 g/mol. The standard InChI is InChI=1S/C16H12N2O2/c19-15-9-2-1-5-12(15)16(20)18-14-8-3-7-13-11(14)6-4-10-17-13/h1-10,19H,(H,18,20). The number of nitrogens with zero attached hydrogens (tertiary/aromatic N) is 1. The van der Waals surface area contributed by atoms with Crippen molar-refractivity contribution in [1.29, 1.82) is 0 Å². The van der Waals surface area contributed by atoms with E-state index in [9.17, 15) is 9.90 Å². The van der Waals surface area contributed by atoms with Gasteiger partial charge in [0.25, 0.3) is 5.91 Å². The summed E-state index contributed by atoms with van der Waals surface area (Å²) >= 11 is 0. The van der Waals surface area contributed by atoms with E-state index in [2.05, 4.69) is 10.3 Å². The Kier molecular flexibility index (Phi) is 3.05. The fraction of sp³-hybridized carbons (Fsp3) is 0. The zero-order valence-corrected chi connectivity index (χ0v) is 10.6. The number of aromatic nitrogens is 1. The van der Waals surface area contributed by atoms with Crippen LogP contribution in [0.3, 0.4) is 0 Å². The van der Waals surface area contributed by atoms with Crippen molar-refractivity contribution in [2.24, 2.45) is 0 Å². The van der Waals surface area contributed by atoms with Gasteiger partial charge in [0, 0.05) is 11.6 Å². The maximum Gasteiger partial charge on any atom is 0.259 e. The summed E-state index contributed by atoms with van der Waals surface area (Å²) in [4.78, 5) is 16.4. The molecule has 0 saturated heterocycles. The first-order valence-electron chi connectivity index (χ1n) is 6.19. The SMILES string of the molecule is O=C(Nc1cccc2ncccc12)c1ccccc1O. The van der Waals surface area contributed by atoms with Crippen molar-refractivity contribution < 1.29 is 9.90 Å². The van der Waals surface area contributed by atoms with E-state index in [-0.39, 0.29) is 17.2 Å². The van der Waals surface area contributed by atoms with Gasteiger partial charge in [-0.15, -0.1) is 0 Å². The lowest BCUT2D eigenvalue weighted by Crippen LogP contribution is -2.12. The Morgan fingerprint density at radius 2 is 1.85 bits per heavy atom. The molecule has 2 N–H and O–H groups in total. The van der Waals surface area contributed by atoms with E-state index in [1.807, 2.05) is 30.3 Å². The largest absolute Gasteiger partial charge is 0.507 e. The van der Waals surface area contributed by atoms with Gasteiger partial charge in [0.15, 0.2) is 0 Å². The lowest BCUT2D eigenvalue weighted by atomic mass is 10.1. The highest BCUT2D eigenvalue weighted by molar-refractivity contribution is 6.09. The van der Waals surface area contributed by atoms with Gasteiger partial charge in [-0.25, -0.2) is 0 Å². The van der Waals surface area contributed by atoms with Crippen molar-refractivity contribution in [2.75, 3.05) is 5.32 Å². The lowest BCUT2D eigenvalue weighted by Gasteiger charge is -2.09. The van der Waals surface area contributed by atoms with Crippen LogP contribution in [-0.4, -0.2) is 16.0 Å². The molecule has 0 aliphatic rings. The highest BCUT2D eigenvalue weighted by Crippen LogP contribution is 2.23. The number of hydrogen-bond acceptors (Lipinski definition) is 3. The summed E-state index contributed by atoms with van der Waals surface area (Å²) in [6, 6.07) is 15.7. The molecule has 1 aromatic heterocycles. The average Bonchev–Trinajstić information content (AvgIpc) is 2.48. The van der Waals surface area contributed by atoms with Crippen LogP contribution in [0.1, 0.15) is 10.4 Å².